The maximum absolute atomic E-state index is 13.2. The minimum Gasteiger partial charge on any atom is -0.465 e. The topological polar surface area (TPSA) is 60.4 Å². The molecule has 0 saturated heterocycles. The fraction of sp³-hybridized carbons (Fsp3) is 0.667. The highest BCUT2D eigenvalue weighted by Crippen LogP contribution is 2.24. The van der Waals surface area contributed by atoms with E-state index in [4.69, 9.17) is 9.30 Å². The lowest BCUT2D eigenvalue weighted by atomic mass is 9.87. The third-order valence-corrected chi connectivity index (χ3v) is 5.11. The first-order chi connectivity index (χ1) is 13.9. The summed E-state index contributed by atoms with van der Waals surface area (Å²) in [7, 11) is 1.17. The summed E-state index contributed by atoms with van der Waals surface area (Å²) >= 11 is 0. The van der Waals surface area contributed by atoms with Gasteiger partial charge in [0, 0.05) is 5.56 Å². The summed E-state index contributed by atoms with van der Waals surface area (Å²) < 4.78 is 13.7. The van der Waals surface area contributed by atoms with Crippen LogP contribution in [0.25, 0.3) is 0 Å². The fourth-order valence-electron chi connectivity index (χ4n) is 3.66. The number of Topliss-reactive ketones (excluding diaryl/α,β-unsaturated/α-hetero) is 1. The molecule has 0 N–H and O–H groups in total. The molecule has 0 aliphatic rings. The Kier molecular flexibility index (Phi) is 15.4. The van der Waals surface area contributed by atoms with Crippen LogP contribution < -0.4 is 0 Å². The zero-order valence-corrected chi connectivity index (χ0v) is 20.2. The van der Waals surface area contributed by atoms with Crippen molar-refractivity contribution in [3.8, 4) is 0 Å². The van der Waals surface area contributed by atoms with E-state index in [0.717, 1.165) is 42.4 Å². The van der Waals surface area contributed by atoms with Crippen molar-refractivity contribution in [1.29, 1.82) is 0 Å². The van der Waals surface area contributed by atoms with Crippen molar-refractivity contribution in [1.82, 2.24) is 0 Å². The van der Waals surface area contributed by atoms with Crippen molar-refractivity contribution in [3.63, 3.8) is 0 Å². The monoisotopic (exact) mass is 423 g/mol. The molecule has 0 radical (unpaired) electrons. The van der Waals surface area contributed by atoms with Crippen LogP contribution in [0.15, 0.2) is 12.1 Å². The van der Waals surface area contributed by atoms with Crippen molar-refractivity contribution in [2.45, 2.75) is 92.4 Å². The van der Waals surface area contributed by atoms with Crippen molar-refractivity contribution in [2.75, 3.05) is 6.61 Å². The summed E-state index contributed by atoms with van der Waals surface area (Å²) in [6.45, 7) is 10.6. The molecule has 2 unspecified atom stereocenters. The van der Waals surface area contributed by atoms with Crippen LogP contribution in [0.2, 0.25) is 0 Å². The number of esters is 1. The van der Waals surface area contributed by atoms with Gasteiger partial charge in [-0.25, -0.2) is 0 Å². The molecule has 164 valence electrons. The first kappa shape index (κ1) is 27.5. The van der Waals surface area contributed by atoms with Crippen LogP contribution in [-0.2, 0) is 14.1 Å². The van der Waals surface area contributed by atoms with Crippen molar-refractivity contribution in [3.05, 3.63) is 34.4 Å². The Morgan fingerprint density at radius 1 is 0.862 bits per heavy atom. The molecule has 4 nitrogen and oxygen atoms in total. The van der Waals surface area contributed by atoms with Gasteiger partial charge in [-0.3, -0.25) is 9.59 Å². The van der Waals surface area contributed by atoms with Gasteiger partial charge in [0.05, 0.1) is 6.61 Å². The summed E-state index contributed by atoms with van der Waals surface area (Å²) in [5.41, 5.74) is 3.72. The minimum absolute atomic E-state index is 0.0774. The van der Waals surface area contributed by atoms with E-state index in [2.05, 4.69) is 13.8 Å². The van der Waals surface area contributed by atoms with Gasteiger partial charge in [0.25, 0.3) is 0 Å². The number of unbranched alkanes of at least 4 members (excludes halogenated alkanes) is 6. The summed E-state index contributed by atoms with van der Waals surface area (Å²) in [5.74, 6) is -1.10. The lowest BCUT2D eigenvalue weighted by Crippen LogP contribution is -2.28. The molecule has 1 aromatic rings. The number of hydrogen-bond donors (Lipinski definition) is 0. The molecular weight excluding hydrogens is 383 g/mol. The number of aryl methyl sites for hydroxylation is 3. The molecule has 0 heterocycles. The van der Waals surface area contributed by atoms with E-state index < -0.39 is 5.92 Å². The number of ketones is 1. The van der Waals surface area contributed by atoms with Crippen LogP contribution in [0.3, 0.4) is 0 Å². The van der Waals surface area contributed by atoms with Crippen LogP contribution in [0.1, 0.15) is 98.7 Å². The lowest BCUT2D eigenvalue weighted by molar-refractivity contribution is -0.147. The predicted octanol–water partition coefficient (Wildman–Crippen LogP) is 6.71. The molecule has 0 aromatic heterocycles. The zero-order chi connectivity index (χ0) is 22.2. The molecule has 29 heavy (non-hydrogen) atoms. The van der Waals surface area contributed by atoms with Gasteiger partial charge in [0.1, 0.15) is 5.92 Å². The van der Waals surface area contributed by atoms with E-state index in [1.807, 2.05) is 32.9 Å². The molecule has 2 atom stereocenters. The first-order valence-electron chi connectivity index (χ1n) is 10.9. The summed E-state index contributed by atoms with van der Waals surface area (Å²) in [6, 6.07) is 4.03. The van der Waals surface area contributed by atoms with Gasteiger partial charge >= 0.3 is 15.1 Å². The molecule has 5 heteroatoms. The summed E-state index contributed by atoms with van der Waals surface area (Å²) in [4.78, 5) is 25.8. The number of carbonyl (C=O) groups excluding carboxylic acids is 2. The molecule has 1 aromatic carbocycles. The smallest absolute Gasteiger partial charge is 0.316 e. The third-order valence-electron chi connectivity index (χ3n) is 5.11. The molecule has 0 aliphatic carbocycles. The van der Waals surface area contributed by atoms with Crippen molar-refractivity contribution in [2.24, 2.45) is 5.92 Å². The minimum atomic E-state index is -0.676. The number of carbonyl (C=O) groups is 2. The molecule has 0 bridgehead atoms. The van der Waals surface area contributed by atoms with Crippen LogP contribution in [-0.4, -0.2) is 18.4 Å². The number of ether oxygens (including phenoxy) is 1. The number of rotatable bonds is 13. The number of hydrogen-bond acceptors (Lipinski definition) is 4. The highest BCUT2D eigenvalue weighted by molar-refractivity contribution is 7.00. The second-order valence-corrected chi connectivity index (χ2v) is 7.77. The zero-order valence-electron chi connectivity index (χ0n) is 19.0. The largest absolute Gasteiger partial charge is 0.465 e. The molecule has 0 spiro atoms. The van der Waals surface area contributed by atoms with E-state index >= 15 is 0 Å². The SMILES string of the molecule is CCCCCCCCOC(=O)C(CCCC)C(=O)c1c(C)cc(C)cc1C.O=[PH2+]. The Balaban J connectivity index is 0.00000379. The van der Waals surface area contributed by atoms with Gasteiger partial charge in [-0.05, 0) is 44.7 Å². The maximum atomic E-state index is 13.2. The Hall–Kier alpha value is -1.54. The van der Waals surface area contributed by atoms with Crippen LogP contribution in [0.5, 0.6) is 0 Å². The normalized spacial score (nSPS) is 11.3. The standard InChI is InChI=1S/C24H38O3.H2OP/c1-6-8-10-11-12-13-15-27-24(26)21(14-9-7-2)23(25)22-19(4)16-18(3)17-20(22)5;1-2/h16-17,21H,6-15H2,1-5H3;2H2/q;+1. The number of benzene rings is 1. The Bertz CT molecular complexity index is 604. The van der Waals surface area contributed by atoms with E-state index in [9.17, 15) is 9.59 Å². The Morgan fingerprint density at radius 2 is 1.38 bits per heavy atom. The summed E-state index contributed by atoms with van der Waals surface area (Å²) in [6.07, 6.45) is 9.27. The van der Waals surface area contributed by atoms with E-state index in [1.165, 1.54) is 34.8 Å². The lowest BCUT2D eigenvalue weighted by Gasteiger charge is -2.18. The van der Waals surface area contributed by atoms with Gasteiger partial charge in [-0.2, -0.15) is 0 Å². The highest BCUT2D eigenvalue weighted by atomic mass is 31.0. The van der Waals surface area contributed by atoms with Crippen molar-refractivity contribution >= 4 is 20.9 Å². The molecule has 1 rings (SSSR count). The van der Waals surface area contributed by atoms with Gasteiger partial charge in [-0.1, -0.05) is 81.1 Å². The first-order valence-corrected chi connectivity index (χ1v) is 11.4. The van der Waals surface area contributed by atoms with E-state index in [0.29, 0.717) is 18.6 Å². The Labute approximate surface area is 179 Å². The Morgan fingerprint density at radius 3 is 1.93 bits per heavy atom. The van der Waals surface area contributed by atoms with Crippen molar-refractivity contribution < 1.29 is 18.9 Å². The molecule has 0 fully saturated rings. The van der Waals surface area contributed by atoms with Gasteiger partial charge in [0.15, 0.2) is 5.78 Å². The second kappa shape index (κ2) is 16.3. The predicted molar refractivity (Wildman–Crippen MR) is 123 cm³/mol. The summed E-state index contributed by atoms with van der Waals surface area (Å²) in [5, 5.41) is 0. The van der Waals surface area contributed by atoms with E-state index in [-0.39, 0.29) is 11.8 Å². The average Bonchev–Trinajstić information content (AvgIpc) is 2.68. The van der Waals surface area contributed by atoms with Crippen LogP contribution in [0.4, 0.5) is 0 Å². The van der Waals surface area contributed by atoms with E-state index in [1.54, 1.807) is 0 Å². The molecule has 0 amide bonds. The highest BCUT2D eigenvalue weighted by Gasteiger charge is 2.30. The van der Waals surface area contributed by atoms with Gasteiger partial charge in [0.2, 0.25) is 0 Å². The third kappa shape index (κ3) is 10.2. The quantitative estimate of drug-likeness (QED) is 0.116. The molecular formula is C24H40O4P+. The van der Waals surface area contributed by atoms with Crippen LogP contribution >= 0.6 is 9.12 Å². The average molecular weight is 424 g/mol. The second-order valence-electron chi connectivity index (χ2n) is 7.77. The van der Waals surface area contributed by atoms with Crippen LogP contribution in [0, 0.1) is 26.7 Å². The van der Waals surface area contributed by atoms with Gasteiger partial charge in [-0.15, -0.1) is 0 Å². The maximum Gasteiger partial charge on any atom is 0.316 e. The molecule has 0 aliphatic heterocycles. The fourth-order valence-corrected chi connectivity index (χ4v) is 3.66. The van der Waals surface area contributed by atoms with Gasteiger partial charge < -0.3 is 4.74 Å². The molecule has 0 saturated carbocycles.